The summed E-state index contributed by atoms with van der Waals surface area (Å²) in [4.78, 5) is 12.7. The maximum absolute atomic E-state index is 12.7. The van der Waals surface area contributed by atoms with Crippen LogP contribution in [0.25, 0.3) is 22.5 Å². The van der Waals surface area contributed by atoms with Crippen LogP contribution in [0.4, 0.5) is 13.2 Å². The number of fused-ring (bicyclic) bond motifs is 1. The Kier molecular flexibility index (Phi) is 4.08. The van der Waals surface area contributed by atoms with Crippen LogP contribution in [0.5, 0.6) is 5.75 Å². The highest BCUT2D eigenvalue weighted by Gasteiger charge is 2.31. The van der Waals surface area contributed by atoms with Gasteiger partial charge in [0.05, 0.1) is 16.8 Å². The zero-order chi connectivity index (χ0) is 18.2. The standard InChI is InChI=1S/C18H13F3N2O2/c1-3-12-4-9-15-16(10-12)11(2)22-23(17(15)24)13-5-7-14(8-6-13)25-18(19,20)21/h3-10H,1H2,2H3. The Hall–Kier alpha value is -3.09. The van der Waals surface area contributed by atoms with Crippen molar-refractivity contribution in [1.29, 1.82) is 0 Å². The Morgan fingerprint density at radius 3 is 2.40 bits per heavy atom. The maximum Gasteiger partial charge on any atom is 0.573 e. The highest BCUT2D eigenvalue weighted by molar-refractivity contribution is 5.85. The third-order valence-electron chi connectivity index (χ3n) is 3.66. The first-order valence-corrected chi connectivity index (χ1v) is 7.31. The van der Waals surface area contributed by atoms with Crippen LogP contribution in [0.15, 0.2) is 53.8 Å². The van der Waals surface area contributed by atoms with E-state index in [-0.39, 0.29) is 11.3 Å². The molecule has 128 valence electrons. The number of ether oxygens (including phenoxy) is 1. The van der Waals surface area contributed by atoms with Gasteiger partial charge in [0.2, 0.25) is 0 Å². The van der Waals surface area contributed by atoms with Crippen molar-refractivity contribution < 1.29 is 17.9 Å². The first-order valence-electron chi connectivity index (χ1n) is 7.31. The zero-order valence-electron chi connectivity index (χ0n) is 13.2. The Morgan fingerprint density at radius 2 is 1.80 bits per heavy atom. The van der Waals surface area contributed by atoms with Crippen molar-refractivity contribution >= 4 is 16.8 Å². The molecule has 0 spiro atoms. The second-order valence-corrected chi connectivity index (χ2v) is 5.35. The first-order chi connectivity index (χ1) is 11.8. The number of hydrogen-bond acceptors (Lipinski definition) is 3. The summed E-state index contributed by atoms with van der Waals surface area (Å²) >= 11 is 0. The predicted octanol–water partition coefficient (Wildman–Crippen LogP) is 4.24. The van der Waals surface area contributed by atoms with Crippen LogP contribution < -0.4 is 10.3 Å². The molecular weight excluding hydrogens is 333 g/mol. The Morgan fingerprint density at radius 1 is 1.12 bits per heavy atom. The lowest BCUT2D eigenvalue weighted by Crippen LogP contribution is -2.22. The van der Waals surface area contributed by atoms with E-state index in [2.05, 4.69) is 16.4 Å². The van der Waals surface area contributed by atoms with Gasteiger partial charge in [0, 0.05) is 5.39 Å². The molecule has 25 heavy (non-hydrogen) atoms. The van der Waals surface area contributed by atoms with Gasteiger partial charge in [-0.25, -0.2) is 0 Å². The van der Waals surface area contributed by atoms with Crippen molar-refractivity contribution in [3.63, 3.8) is 0 Å². The molecule has 0 saturated heterocycles. The van der Waals surface area contributed by atoms with Gasteiger partial charge in [-0.3, -0.25) is 4.79 Å². The summed E-state index contributed by atoms with van der Waals surface area (Å²) in [6.45, 7) is 5.45. The largest absolute Gasteiger partial charge is 0.573 e. The van der Waals surface area contributed by atoms with Crippen molar-refractivity contribution in [2.24, 2.45) is 0 Å². The molecule has 1 heterocycles. The van der Waals surface area contributed by atoms with Crippen LogP contribution >= 0.6 is 0 Å². The Balaban J connectivity index is 2.08. The van der Waals surface area contributed by atoms with E-state index in [1.807, 2.05) is 6.07 Å². The molecule has 0 unspecified atom stereocenters. The van der Waals surface area contributed by atoms with E-state index >= 15 is 0 Å². The van der Waals surface area contributed by atoms with Gasteiger partial charge in [-0.15, -0.1) is 13.2 Å². The number of rotatable bonds is 3. The summed E-state index contributed by atoms with van der Waals surface area (Å²) < 4.78 is 41.6. The number of benzene rings is 2. The van der Waals surface area contributed by atoms with Gasteiger partial charge >= 0.3 is 6.36 Å². The fraction of sp³-hybridized carbons (Fsp3) is 0.111. The lowest BCUT2D eigenvalue weighted by molar-refractivity contribution is -0.274. The summed E-state index contributed by atoms with van der Waals surface area (Å²) in [5.41, 5.74) is 1.47. The molecule has 0 aliphatic heterocycles. The molecule has 0 aliphatic rings. The minimum Gasteiger partial charge on any atom is -0.406 e. The predicted molar refractivity (Wildman–Crippen MR) is 88.9 cm³/mol. The van der Waals surface area contributed by atoms with Crippen molar-refractivity contribution in [1.82, 2.24) is 9.78 Å². The average Bonchev–Trinajstić information content (AvgIpc) is 2.57. The highest BCUT2D eigenvalue weighted by atomic mass is 19.4. The monoisotopic (exact) mass is 346 g/mol. The molecule has 0 atom stereocenters. The summed E-state index contributed by atoms with van der Waals surface area (Å²) in [7, 11) is 0. The van der Waals surface area contributed by atoms with E-state index in [4.69, 9.17) is 0 Å². The smallest absolute Gasteiger partial charge is 0.406 e. The number of aromatic nitrogens is 2. The topological polar surface area (TPSA) is 44.1 Å². The molecule has 2 aromatic carbocycles. The highest BCUT2D eigenvalue weighted by Crippen LogP contribution is 2.24. The molecule has 0 bridgehead atoms. The number of halogens is 3. The molecule has 0 N–H and O–H groups in total. The zero-order valence-corrected chi connectivity index (χ0v) is 13.2. The van der Waals surface area contributed by atoms with Crippen molar-refractivity contribution in [2.45, 2.75) is 13.3 Å². The SMILES string of the molecule is C=Cc1ccc2c(=O)n(-c3ccc(OC(F)(F)F)cc3)nc(C)c2c1. The Labute approximate surface area is 140 Å². The average molecular weight is 346 g/mol. The Bertz CT molecular complexity index is 1010. The third-order valence-corrected chi connectivity index (χ3v) is 3.66. The van der Waals surface area contributed by atoms with E-state index in [9.17, 15) is 18.0 Å². The lowest BCUT2D eigenvalue weighted by atomic mass is 10.1. The van der Waals surface area contributed by atoms with Crippen molar-refractivity contribution in [2.75, 3.05) is 0 Å². The fourth-order valence-electron chi connectivity index (χ4n) is 2.50. The fourth-order valence-corrected chi connectivity index (χ4v) is 2.50. The van der Waals surface area contributed by atoms with E-state index in [1.165, 1.54) is 12.1 Å². The van der Waals surface area contributed by atoms with E-state index in [0.717, 1.165) is 22.4 Å². The van der Waals surface area contributed by atoms with Gasteiger partial charge in [-0.1, -0.05) is 18.7 Å². The second-order valence-electron chi connectivity index (χ2n) is 5.35. The number of aryl methyl sites for hydroxylation is 1. The van der Waals surface area contributed by atoms with Crippen LogP contribution in [-0.4, -0.2) is 16.1 Å². The molecule has 0 fully saturated rings. The van der Waals surface area contributed by atoms with Crippen LogP contribution in [0.2, 0.25) is 0 Å². The van der Waals surface area contributed by atoms with E-state index < -0.39 is 6.36 Å². The van der Waals surface area contributed by atoms with Crippen molar-refractivity contribution in [3.8, 4) is 11.4 Å². The normalized spacial score (nSPS) is 11.5. The first kappa shape index (κ1) is 16.8. The van der Waals surface area contributed by atoms with Gasteiger partial charge in [-0.05, 0) is 48.9 Å². The summed E-state index contributed by atoms with van der Waals surface area (Å²) in [6.07, 6.45) is -3.09. The summed E-state index contributed by atoms with van der Waals surface area (Å²) in [5.74, 6) is -0.363. The van der Waals surface area contributed by atoms with Gasteiger partial charge in [-0.2, -0.15) is 9.78 Å². The van der Waals surface area contributed by atoms with Gasteiger partial charge < -0.3 is 4.74 Å². The number of alkyl halides is 3. The van der Waals surface area contributed by atoms with Crippen molar-refractivity contribution in [3.05, 3.63) is 70.7 Å². The summed E-state index contributed by atoms with van der Waals surface area (Å²) in [6, 6.07) is 10.2. The molecule has 3 aromatic rings. The molecule has 0 aliphatic carbocycles. The number of hydrogen-bond donors (Lipinski definition) is 0. The van der Waals surface area contributed by atoms with Gasteiger partial charge in [0.15, 0.2) is 0 Å². The quantitative estimate of drug-likeness (QED) is 0.713. The third kappa shape index (κ3) is 3.40. The van der Waals surface area contributed by atoms with Crippen LogP contribution in [0.1, 0.15) is 11.3 Å². The summed E-state index contributed by atoms with van der Waals surface area (Å²) in [5, 5.41) is 5.43. The second kappa shape index (κ2) is 6.08. The molecule has 1 aromatic heterocycles. The molecule has 0 amide bonds. The molecule has 3 rings (SSSR count). The number of nitrogens with zero attached hydrogens (tertiary/aromatic N) is 2. The van der Waals surface area contributed by atoms with E-state index in [0.29, 0.717) is 22.2 Å². The van der Waals surface area contributed by atoms with Crippen LogP contribution in [0.3, 0.4) is 0 Å². The molecule has 0 saturated carbocycles. The lowest BCUT2D eigenvalue weighted by Gasteiger charge is -2.11. The minimum absolute atomic E-state index is 0.345. The molecule has 4 nitrogen and oxygen atoms in total. The van der Waals surface area contributed by atoms with Gasteiger partial charge in [0.1, 0.15) is 5.75 Å². The van der Waals surface area contributed by atoms with Crippen LogP contribution in [0, 0.1) is 6.92 Å². The van der Waals surface area contributed by atoms with E-state index in [1.54, 1.807) is 25.1 Å². The molecular formula is C18H13F3N2O2. The maximum atomic E-state index is 12.7. The van der Waals surface area contributed by atoms with Gasteiger partial charge in [0.25, 0.3) is 5.56 Å². The van der Waals surface area contributed by atoms with Crippen LogP contribution in [-0.2, 0) is 0 Å². The molecule has 0 radical (unpaired) electrons. The molecule has 7 heteroatoms. The minimum atomic E-state index is -4.76.